The molecule has 0 spiro atoms. The summed E-state index contributed by atoms with van der Waals surface area (Å²) in [5.41, 5.74) is 0. The van der Waals surface area contributed by atoms with E-state index in [4.69, 9.17) is 13.5 Å². The molecule has 104 valence electrons. The Balaban J connectivity index is 4.04. The van der Waals surface area contributed by atoms with E-state index in [0.29, 0.717) is 6.61 Å². The average Bonchev–Trinajstić information content (AvgIpc) is 2.11. The Morgan fingerprint density at radius 1 is 1.18 bits per heavy atom. The van der Waals surface area contributed by atoms with Gasteiger partial charge in [0.05, 0.1) is 24.2 Å². The minimum absolute atomic E-state index is 0.147. The van der Waals surface area contributed by atoms with Gasteiger partial charge in [-0.3, -0.25) is 8.74 Å². The molecule has 0 saturated carbocycles. The Morgan fingerprint density at radius 3 is 2.24 bits per heavy atom. The van der Waals surface area contributed by atoms with Crippen LogP contribution < -0.4 is 0 Å². The van der Waals surface area contributed by atoms with Gasteiger partial charge in [0.25, 0.3) is 20.2 Å². The van der Waals surface area contributed by atoms with Crippen molar-refractivity contribution in [3.8, 4) is 0 Å². The smallest absolute Gasteiger partial charge is 0.267 e. The molecule has 0 aromatic carbocycles. The van der Waals surface area contributed by atoms with Crippen LogP contribution in [0.25, 0.3) is 0 Å². The lowest BCUT2D eigenvalue weighted by molar-refractivity contribution is 0.0690. The summed E-state index contributed by atoms with van der Waals surface area (Å²) >= 11 is 0. The van der Waals surface area contributed by atoms with Crippen molar-refractivity contribution in [2.45, 2.75) is 26.4 Å². The average molecular weight is 290 g/mol. The molecule has 0 aliphatic heterocycles. The van der Waals surface area contributed by atoms with Crippen LogP contribution in [-0.4, -0.2) is 52.2 Å². The van der Waals surface area contributed by atoms with Crippen LogP contribution in [0.2, 0.25) is 0 Å². The molecular weight excluding hydrogens is 272 g/mol. The predicted molar refractivity (Wildman–Crippen MR) is 61.9 cm³/mol. The lowest BCUT2D eigenvalue weighted by Gasteiger charge is -2.12. The minimum atomic E-state index is -4.13. The largest absolute Gasteiger partial charge is 0.379 e. The molecule has 1 N–H and O–H groups in total. The van der Waals surface area contributed by atoms with Crippen molar-refractivity contribution in [3.05, 3.63) is 0 Å². The van der Waals surface area contributed by atoms with Gasteiger partial charge in [0.1, 0.15) is 0 Å². The third-order valence-electron chi connectivity index (χ3n) is 1.66. The molecule has 0 fully saturated rings. The molecule has 0 radical (unpaired) electrons. The van der Waals surface area contributed by atoms with E-state index in [9.17, 15) is 16.8 Å². The van der Waals surface area contributed by atoms with E-state index in [1.165, 1.54) is 6.92 Å². The van der Waals surface area contributed by atoms with Crippen molar-refractivity contribution in [2.24, 2.45) is 0 Å². The number of ether oxygens (including phenoxy) is 1. The fourth-order valence-electron chi connectivity index (χ4n) is 1.03. The van der Waals surface area contributed by atoms with Crippen LogP contribution in [-0.2, 0) is 29.2 Å². The van der Waals surface area contributed by atoms with Gasteiger partial charge in [0.2, 0.25) is 0 Å². The molecule has 0 bridgehead atoms. The second-order valence-corrected chi connectivity index (χ2v) is 6.76. The standard InChI is InChI=1S/C8H18O7S2/c1-3-14-7-8(2)15-17(12,13)6-4-5-16(9,10)11/h8H,3-7H2,1-2H3,(H,9,10,11). The predicted octanol–water partition coefficient (Wildman–Crippen LogP) is 0.0357. The quantitative estimate of drug-likeness (QED) is 0.471. The molecule has 17 heavy (non-hydrogen) atoms. The van der Waals surface area contributed by atoms with E-state index in [-0.39, 0.29) is 13.0 Å². The van der Waals surface area contributed by atoms with Gasteiger partial charge in [0.15, 0.2) is 0 Å². The number of rotatable bonds is 9. The lowest BCUT2D eigenvalue weighted by atomic mass is 10.4. The van der Waals surface area contributed by atoms with E-state index in [1.807, 2.05) is 0 Å². The van der Waals surface area contributed by atoms with E-state index < -0.39 is 37.8 Å². The van der Waals surface area contributed by atoms with Crippen molar-refractivity contribution in [2.75, 3.05) is 24.7 Å². The number of hydrogen-bond acceptors (Lipinski definition) is 6. The summed E-state index contributed by atoms with van der Waals surface area (Å²) in [4.78, 5) is 0. The Kier molecular flexibility index (Phi) is 7.17. The first-order chi connectivity index (χ1) is 7.66. The van der Waals surface area contributed by atoms with Crippen LogP contribution in [0, 0.1) is 0 Å². The molecule has 7 nitrogen and oxygen atoms in total. The van der Waals surface area contributed by atoms with E-state index >= 15 is 0 Å². The van der Waals surface area contributed by atoms with Crippen LogP contribution in [0.5, 0.6) is 0 Å². The molecule has 0 aliphatic rings. The normalized spacial score (nSPS) is 14.8. The van der Waals surface area contributed by atoms with Crippen LogP contribution >= 0.6 is 0 Å². The number of hydrogen-bond donors (Lipinski definition) is 1. The van der Waals surface area contributed by atoms with Crippen molar-refractivity contribution in [1.82, 2.24) is 0 Å². The molecule has 0 aliphatic carbocycles. The van der Waals surface area contributed by atoms with Gasteiger partial charge in [-0.05, 0) is 20.3 Å². The first kappa shape index (κ1) is 16.8. The Morgan fingerprint density at radius 2 is 1.76 bits per heavy atom. The Labute approximate surface area is 102 Å². The van der Waals surface area contributed by atoms with Crippen LogP contribution in [0.4, 0.5) is 0 Å². The van der Waals surface area contributed by atoms with E-state index in [2.05, 4.69) is 0 Å². The first-order valence-electron chi connectivity index (χ1n) is 5.10. The van der Waals surface area contributed by atoms with E-state index in [0.717, 1.165) is 0 Å². The van der Waals surface area contributed by atoms with Crippen molar-refractivity contribution >= 4 is 20.2 Å². The Bertz CT molecular complexity index is 398. The summed E-state index contributed by atoms with van der Waals surface area (Å²) in [5, 5.41) is 0. The molecule has 0 aromatic rings. The molecule has 0 aromatic heterocycles. The zero-order chi connectivity index (χ0) is 13.5. The van der Waals surface area contributed by atoms with Crippen LogP contribution in [0.1, 0.15) is 20.3 Å². The fourth-order valence-corrected chi connectivity index (χ4v) is 2.87. The maximum atomic E-state index is 11.3. The summed E-state index contributed by atoms with van der Waals surface area (Å²) in [6.45, 7) is 3.91. The van der Waals surface area contributed by atoms with Crippen LogP contribution in [0.3, 0.4) is 0 Å². The molecule has 1 atom stereocenters. The first-order valence-corrected chi connectivity index (χ1v) is 8.29. The van der Waals surface area contributed by atoms with Gasteiger partial charge in [0, 0.05) is 6.61 Å². The van der Waals surface area contributed by atoms with Crippen molar-refractivity contribution < 1.29 is 30.3 Å². The van der Waals surface area contributed by atoms with Gasteiger partial charge in [-0.15, -0.1) is 0 Å². The van der Waals surface area contributed by atoms with E-state index in [1.54, 1.807) is 6.92 Å². The third-order valence-corrected chi connectivity index (χ3v) is 3.88. The second-order valence-electron chi connectivity index (χ2n) is 3.47. The minimum Gasteiger partial charge on any atom is -0.379 e. The Hall–Kier alpha value is -0.220. The lowest BCUT2D eigenvalue weighted by Crippen LogP contribution is -2.23. The zero-order valence-corrected chi connectivity index (χ0v) is 11.5. The highest BCUT2D eigenvalue weighted by Crippen LogP contribution is 2.03. The molecule has 0 saturated heterocycles. The molecule has 9 heteroatoms. The second kappa shape index (κ2) is 7.27. The highest BCUT2D eigenvalue weighted by atomic mass is 32.2. The van der Waals surface area contributed by atoms with Crippen molar-refractivity contribution in [3.63, 3.8) is 0 Å². The molecule has 0 heterocycles. The topological polar surface area (TPSA) is 107 Å². The van der Waals surface area contributed by atoms with Gasteiger partial charge in [-0.25, -0.2) is 0 Å². The summed E-state index contributed by atoms with van der Waals surface area (Å²) in [6.07, 6.45) is -0.826. The molecular formula is C8H18O7S2. The van der Waals surface area contributed by atoms with Gasteiger partial charge < -0.3 is 4.74 Å². The monoisotopic (exact) mass is 290 g/mol. The third kappa shape index (κ3) is 10.6. The molecule has 0 rings (SSSR count). The fraction of sp³-hybridized carbons (Fsp3) is 1.00. The van der Waals surface area contributed by atoms with Gasteiger partial charge >= 0.3 is 0 Å². The zero-order valence-electron chi connectivity index (χ0n) is 9.83. The summed E-state index contributed by atoms with van der Waals surface area (Å²) in [7, 11) is -7.92. The molecule has 1 unspecified atom stereocenters. The van der Waals surface area contributed by atoms with Gasteiger partial charge in [-0.2, -0.15) is 16.8 Å². The SMILES string of the molecule is CCOCC(C)OS(=O)(=O)CCCS(=O)(=O)O. The summed E-state index contributed by atoms with van der Waals surface area (Å²) < 4.78 is 61.6. The maximum absolute atomic E-state index is 11.3. The molecule has 0 amide bonds. The summed E-state index contributed by atoms with van der Waals surface area (Å²) in [6, 6.07) is 0. The van der Waals surface area contributed by atoms with Gasteiger partial charge in [-0.1, -0.05) is 0 Å². The summed E-state index contributed by atoms with van der Waals surface area (Å²) in [5.74, 6) is -1.06. The van der Waals surface area contributed by atoms with Crippen LogP contribution in [0.15, 0.2) is 0 Å². The highest BCUT2D eigenvalue weighted by molar-refractivity contribution is 7.87. The highest BCUT2D eigenvalue weighted by Gasteiger charge is 2.17. The van der Waals surface area contributed by atoms with Crippen molar-refractivity contribution in [1.29, 1.82) is 0 Å². The maximum Gasteiger partial charge on any atom is 0.267 e.